The van der Waals surface area contributed by atoms with E-state index in [0.717, 1.165) is 12.1 Å². The number of alkyl halides is 3. The van der Waals surface area contributed by atoms with Crippen molar-refractivity contribution >= 4 is 48.8 Å². The van der Waals surface area contributed by atoms with Crippen LogP contribution in [0.5, 0.6) is 0 Å². The lowest BCUT2D eigenvalue weighted by molar-refractivity contribution is -0.137. The fourth-order valence-electron chi connectivity index (χ4n) is 3.04. The molecule has 3 heterocycles. The minimum Gasteiger partial charge on any atom is -0.353 e. The summed E-state index contributed by atoms with van der Waals surface area (Å²) in [6, 6.07) is 12.2. The van der Waals surface area contributed by atoms with Crippen molar-refractivity contribution in [2.45, 2.75) is 6.18 Å². The summed E-state index contributed by atoms with van der Waals surface area (Å²) in [6.07, 6.45) is -1.06. The van der Waals surface area contributed by atoms with E-state index in [0.29, 0.717) is 47.3 Å². The Morgan fingerprint density at radius 3 is 2.47 bits per heavy atom. The second kappa shape index (κ2) is 11.3. The zero-order chi connectivity index (χ0) is 20.4. The van der Waals surface area contributed by atoms with E-state index in [1.165, 1.54) is 6.07 Å². The Bertz CT molecular complexity index is 1170. The van der Waals surface area contributed by atoms with Crippen LogP contribution in [0.3, 0.4) is 0 Å². The van der Waals surface area contributed by atoms with Crippen LogP contribution in [0.4, 0.5) is 19.1 Å². The van der Waals surface area contributed by atoms with Gasteiger partial charge in [-0.15, -0.1) is 37.2 Å². The molecule has 0 saturated heterocycles. The van der Waals surface area contributed by atoms with E-state index in [-0.39, 0.29) is 37.2 Å². The smallest absolute Gasteiger partial charge is 0.353 e. The Balaban J connectivity index is 0.00000171. The molecule has 0 atom stereocenters. The van der Waals surface area contributed by atoms with Crippen molar-refractivity contribution in [2.24, 2.45) is 5.73 Å². The number of fused-ring (bicyclic) bond motifs is 1. The number of imidazole rings is 1. The Morgan fingerprint density at radius 2 is 1.75 bits per heavy atom. The molecule has 0 aliphatic heterocycles. The van der Waals surface area contributed by atoms with Crippen LogP contribution < -0.4 is 11.1 Å². The molecule has 3 N–H and O–H groups in total. The van der Waals surface area contributed by atoms with Gasteiger partial charge in [0.2, 0.25) is 5.95 Å². The van der Waals surface area contributed by atoms with Crippen LogP contribution in [0.1, 0.15) is 5.56 Å². The van der Waals surface area contributed by atoms with Gasteiger partial charge in [-0.3, -0.25) is 4.40 Å². The number of hydrogen-bond donors (Lipinski definition) is 2. The molecule has 12 heteroatoms. The zero-order valence-electron chi connectivity index (χ0n) is 16.4. The number of aromatic nitrogens is 4. The van der Waals surface area contributed by atoms with Crippen molar-refractivity contribution in [3.63, 3.8) is 0 Å². The number of rotatable bonds is 5. The molecule has 0 saturated carbocycles. The maximum Gasteiger partial charge on any atom is 0.416 e. The molecule has 0 aliphatic carbocycles. The van der Waals surface area contributed by atoms with E-state index < -0.39 is 11.7 Å². The maximum atomic E-state index is 13.2. The van der Waals surface area contributed by atoms with Gasteiger partial charge in [-0.1, -0.05) is 18.2 Å². The molecule has 0 bridgehead atoms. The van der Waals surface area contributed by atoms with Gasteiger partial charge in [0.15, 0.2) is 0 Å². The lowest BCUT2D eigenvalue weighted by atomic mass is 10.1. The fourth-order valence-corrected chi connectivity index (χ4v) is 3.04. The van der Waals surface area contributed by atoms with E-state index in [1.807, 2.05) is 12.1 Å². The molecular formula is C20H20Cl3F3N6. The highest BCUT2D eigenvalue weighted by atomic mass is 35.5. The molecule has 0 spiro atoms. The summed E-state index contributed by atoms with van der Waals surface area (Å²) < 4.78 is 41.5. The van der Waals surface area contributed by atoms with Gasteiger partial charge in [-0.2, -0.15) is 13.2 Å². The fraction of sp³-hybridized carbons (Fsp3) is 0.150. The van der Waals surface area contributed by atoms with Crippen molar-refractivity contribution < 1.29 is 13.2 Å². The van der Waals surface area contributed by atoms with Crippen LogP contribution in [0.2, 0.25) is 0 Å². The van der Waals surface area contributed by atoms with Crippen LogP contribution in [0.15, 0.2) is 60.9 Å². The summed E-state index contributed by atoms with van der Waals surface area (Å²) in [5.74, 6) is 0.383. The number of anilines is 1. The third kappa shape index (κ3) is 5.60. The number of halogens is 6. The lowest BCUT2D eigenvalue weighted by Gasteiger charge is -2.10. The van der Waals surface area contributed by atoms with E-state index in [9.17, 15) is 13.2 Å². The van der Waals surface area contributed by atoms with Crippen LogP contribution in [-0.4, -0.2) is 32.4 Å². The summed E-state index contributed by atoms with van der Waals surface area (Å²) in [7, 11) is 0. The third-order valence-electron chi connectivity index (χ3n) is 4.32. The predicted molar refractivity (Wildman–Crippen MR) is 126 cm³/mol. The van der Waals surface area contributed by atoms with Gasteiger partial charge in [-0.05, 0) is 30.3 Å². The topological polar surface area (TPSA) is 81.1 Å². The summed E-state index contributed by atoms with van der Waals surface area (Å²) in [5.41, 5.74) is 7.26. The van der Waals surface area contributed by atoms with Crippen molar-refractivity contribution in [1.82, 2.24) is 19.4 Å². The summed E-state index contributed by atoms with van der Waals surface area (Å²) in [5, 5.41) is 3.01. The van der Waals surface area contributed by atoms with E-state index in [2.05, 4.69) is 20.3 Å². The molecule has 0 amide bonds. The molecule has 0 radical (unpaired) electrons. The first-order valence-electron chi connectivity index (χ1n) is 8.89. The zero-order valence-corrected chi connectivity index (χ0v) is 18.9. The molecule has 3 aromatic heterocycles. The van der Waals surface area contributed by atoms with E-state index in [4.69, 9.17) is 5.73 Å². The maximum absolute atomic E-state index is 13.2. The van der Waals surface area contributed by atoms with Crippen molar-refractivity contribution in [3.8, 4) is 22.6 Å². The van der Waals surface area contributed by atoms with E-state index >= 15 is 0 Å². The minimum absolute atomic E-state index is 0. The molecule has 0 unspecified atom stereocenters. The average Bonchev–Trinajstić information content (AvgIpc) is 3.11. The Labute approximate surface area is 200 Å². The number of nitrogens with zero attached hydrogens (tertiary/aromatic N) is 4. The minimum atomic E-state index is -4.44. The number of nitrogens with one attached hydrogen (secondary N) is 1. The van der Waals surface area contributed by atoms with Crippen LogP contribution >= 0.6 is 37.2 Å². The first-order chi connectivity index (χ1) is 14.0. The number of pyridine rings is 1. The number of hydrogen-bond acceptors (Lipinski definition) is 5. The van der Waals surface area contributed by atoms with Gasteiger partial charge in [-0.25, -0.2) is 15.0 Å². The van der Waals surface area contributed by atoms with Gasteiger partial charge < -0.3 is 11.1 Å². The first kappa shape index (κ1) is 27.4. The third-order valence-corrected chi connectivity index (χ3v) is 4.32. The standard InChI is InChI=1S/C20H17F3N6.3ClH/c21-20(22,23)14-5-3-4-13(12-14)17-18(29-11-2-1-6-16(29)28-17)15-7-9-25-19(27-15)26-10-8-24;;;/h1-7,9,11-12H,8,10,24H2,(H,25,26,27);3*1H. The lowest BCUT2D eigenvalue weighted by Crippen LogP contribution is -2.14. The Kier molecular flexibility index (Phi) is 9.71. The number of benzene rings is 1. The molecule has 0 fully saturated rings. The van der Waals surface area contributed by atoms with E-state index in [1.54, 1.807) is 35.0 Å². The Morgan fingerprint density at radius 1 is 0.969 bits per heavy atom. The van der Waals surface area contributed by atoms with Gasteiger partial charge in [0.25, 0.3) is 0 Å². The van der Waals surface area contributed by atoms with Gasteiger partial charge >= 0.3 is 6.18 Å². The second-order valence-electron chi connectivity index (χ2n) is 6.30. The van der Waals surface area contributed by atoms with Crippen molar-refractivity contribution in [1.29, 1.82) is 0 Å². The molecule has 1 aromatic carbocycles. The SMILES string of the molecule is Cl.Cl.Cl.NCCNc1nccc(-c2c(-c3cccc(C(F)(F)F)c3)nc3ccccn23)n1. The molecule has 172 valence electrons. The number of nitrogens with two attached hydrogens (primary N) is 1. The Hall–Kier alpha value is -2.59. The second-order valence-corrected chi connectivity index (χ2v) is 6.30. The first-order valence-corrected chi connectivity index (χ1v) is 8.89. The quantitative estimate of drug-likeness (QED) is 0.392. The predicted octanol–water partition coefficient (Wildman–Crippen LogP) is 5.11. The highest BCUT2D eigenvalue weighted by Gasteiger charge is 2.31. The van der Waals surface area contributed by atoms with Crippen LogP contribution in [-0.2, 0) is 6.18 Å². The summed E-state index contributed by atoms with van der Waals surface area (Å²) >= 11 is 0. The average molecular weight is 508 g/mol. The van der Waals surface area contributed by atoms with Crippen LogP contribution in [0.25, 0.3) is 28.3 Å². The molecule has 6 nitrogen and oxygen atoms in total. The summed E-state index contributed by atoms with van der Waals surface area (Å²) in [4.78, 5) is 13.2. The van der Waals surface area contributed by atoms with Crippen molar-refractivity contribution in [2.75, 3.05) is 18.4 Å². The van der Waals surface area contributed by atoms with Gasteiger partial charge in [0, 0.05) is 31.0 Å². The highest BCUT2D eigenvalue weighted by Crippen LogP contribution is 2.36. The molecule has 4 aromatic rings. The van der Waals surface area contributed by atoms with Gasteiger partial charge in [0.05, 0.1) is 22.6 Å². The normalized spacial score (nSPS) is 10.6. The highest BCUT2D eigenvalue weighted by molar-refractivity contribution is 5.86. The largest absolute Gasteiger partial charge is 0.416 e. The van der Waals surface area contributed by atoms with Crippen LogP contribution in [0, 0.1) is 0 Å². The monoisotopic (exact) mass is 506 g/mol. The molecule has 0 aliphatic rings. The molecule has 4 rings (SSSR count). The van der Waals surface area contributed by atoms with Crippen molar-refractivity contribution in [3.05, 3.63) is 66.5 Å². The molecular weight excluding hydrogens is 488 g/mol. The summed E-state index contributed by atoms with van der Waals surface area (Å²) in [6.45, 7) is 0.912. The van der Waals surface area contributed by atoms with Gasteiger partial charge in [0.1, 0.15) is 5.65 Å². The molecule has 32 heavy (non-hydrogen) atoms.